The molecule has 0 fully saturated rings. The van der Waals surface area contributed by atoms with Crippen molar-refractivity contribution in [3.05, 3.63) is 59.1 Å². The fourth-order valence-corrected chi connectivity index (χ4v) is 2.68. The summed E-state index contributed by atoms with van der Waals surface area (Å²) in [6, 6.07) is 18.5. The zero-order valence-electron chi connectivity index (χ0n) is 9.97. The van der Waals surface area contributed by atoms with E-state index in [1.54, 1.807) is 0 Å². The molecule has 0 bridgehead atoms. The Balaban J connectivity index is 1.98. The smallest absolute Gasteiger partial charge is 0.154 e. The van der Waals surface area contributed by atoms with E-state index in [9.17, 15) is 0 Å². The third-order valence-corrected chi connectivity index (χ3v) is 3.73. The van der Waals surface area contributed by atoms with E-state index in [0.717, 1.165) is 26.8 Å². The van der Waals surface area contributed by atoms with Gasteiger partial charge in [-0.15, -0.1) is 0 Å². The lowest BCUT2D eigenvalue weighted by atomic mass is 10.2. The third kappa shape index (κ3) is 1.68. The van der Waals surface area contributed by atoms with Gasteiger partial charge < -0.3 is 0 Å². The first-order chi connectivity index (χ1) is 9.31. The lowest BCUT2D eigenvalue weighted by Crippen LogP contribution is -1.84. The van der Waals surface area contributed by atoms with Gasteiger partial charge in [-0.3, -0.25) is 5.10 Å². The Morgan fingerprint density at radius 2 is 1.84 bits per heavy atom. The molecular formula is C15H10BrN3. The number of fused-ring (bicyclic) bond motifs is 3. The minimum absolute atomic E-state index is 0.937. The highest BCUT2D eigenvalue weighted by molar-refractivity contribution is 9.10. The summed E-state index contributed by atoms with van der Waals surface area (Å²) in [6.07, 6.45) is 0. The van der Waals surface area contributed by atoms with Crippen LogP contribution >= 0.6 is 15.9 Å². The number of benzene rings is 2. The normalized spacial score (nSPS) is 11.4. The predicted octanol–water partition coefficient (Wildman–Crippen LogP) is 4.25. The number of hydrogen-bond donors (Lipinski definition) is 1. The van der Waals surface area contributed by atoms with Gasteiger partial charge in [-0.2, -0.15) is 0 Å². The van der Waals surface area contributed by atoms with Crippen LogP contribution in [0.4, 0.5) is 0 Å². The van der Waals surface area contributed by atoms with Gasteiger partial charge in [0, 0.05) is 10.5 Å². The van der Waals surface area contributed by atoms with Crippen molar-refractivity contribution >= 4 is 32.6 Å². The van der Waals surface area contributed by atoms with E-state index < -0.39 is 0 Å². The number of nitrogens with zero attached hydrogens (tertiary/aromatic N) is 2. The minimum atomic E-state index is 0.937. The van der Waals surface area contributed by atoms with Crippen molar-refractivity contribution in [3.63, 3.8) is 0 Å². The number of aromatic nitrogens is 3. The van der Waals surface area contributed by atoms with Gasteiger partial charge in [0.05, 0.1) is 16.7 Å². The van der Waals surface area contributed by atoms with Gasteiger partial charge in [-0.25, -0.2) is 9.50 Å². The van der Waals surface area contributed by atoms with Crippen LogP contribution in [0.3, 0.4) is 0 Å². The van der Waals surface area contributed by atoms with Crippen molar-refractivity contribution in [1.82, 2.24) is 14.6 Å². The fourth-order valence-electron chi connectivity index (χ4n) is 2.33. The Labute approximate surface area is 118 Å². The molecule has 0 unspecified atom stereocenters. The Bertz CT molecular complexity index is 874. The molecule has 4 rings (SSSR count). The van der Waals surface area contributed by atoms with E-state index in [-0.39, 0.29) is 0 Å². The van der Waals surface area contributed by atoms with Gasteiger partial charge >= 0.3 is 0 Å². The standard InChI is InChI=1S/C15H10BrN3/c16-11-6-7-14-13(8-11)17-15-9-12(18-19(14)15)10-4-2-1-3-5-10/h1-9,18H. The molecule has 19 heavy (non-hydrogen) atoms. The molecule has 0 amide bonds. The largest absolute Gasteiger partial charge is 0.292 e. The van der Waals surface area contributed by atoms with E-state index in [1.165, 1.54) is 5.56 Å². The predicted molar refractivity (Wildman–Crippen MR) is 80.2 cm³/mol. The summed E-state index contributed by atoms with van der Waals surface area (Å²) in [5.74, 6) is 0. The van der Waals surface area contributed by atoms with E-state index >= 15 is 0 Å². The van der Waals surface area contributed by atoms with Crippen LogP contribution in [0, 0.1) is 0 Å². The number of aromatic amines is 1. The van der Waals surface area contributed by atoms with Gasteiger partial charge in [0.1, 0.15) is 0 Å². The van der Waals surface area contributed by atoms with Crippen molar-refractivity contribution in [2.24, 2.45) is 0 Å². The summed E-state index contributed by atoms with van der Waals surface area (Å²) in [4.78, 5) is 4.62. The molecule has 0 saturated heterocycles. The zero-order chi connectivity index (χ0) is 12.8. The SMILES string of the molecule is Brc1ccc2c(c1)nc1cc(-c3ccccc3)[nH]n12. The zero-order valence-corrected chi connectivity index (χ0v) is 11.6. The third-order valence-electron chi connectivity index (χ3n) is 3.23. The van der Waals surface area contributed by atoms with Crippen LogP contribution in [0.2, 0.25) is 0 Å². The van der Waals surface area contributed by atoms with Crippen LogP contribution in [0.1, 0.15) is 0 Å². The Morgan fingerprint density at radius 3 is 2.68 bits per heavy atom. The molecule has 4 heteroatoms. The van der Waals surface area contributed by atoms with E-state index in [0.29, 0.717) is 0 Å². The molecule has 1 N–H and O–H groups in total. The molecular weight excluding hydrogens is 302 g/mol. The molecule has 2 aromatic heterocycles. The number of halogens is 1. The van der Waals surface area contributed by atoms with Crippen molar-refractivity contribution < 1.29 is 0 Å². The highest BCUT2D eigenvalue weighted by Crippen LogP contribution is 2.24. The van der Waals surface area contributed by atoms with Crippen molar-refractivity contribution in [1.29, 1.82) is 0 Å². The summed E-state index contributed by atoms with van der Waals surface area (Å²) in [7, 11) is 0. The van der Waals surface area contributed by atoms with Crippen molar-refractivity contribution in [2.75, 3.05) is 0 Å². The highest BCUT2D eigenvalue weighted by atomic mass is 79.9. The van der Waals surface area contributed by atoms with Crippen LogP contribution in [0.5, 0.6) is 0 Å². The van der Waals surface area contributed by atoms with E-state index in [2.05, 4.69) is 50.3 Å². The molecule has 0 atom stereocenters. The summed E-state index contributed by atoms with van der Waals surface area (Å²) in [5.41, 5.74) is 5.25. The molecule has 2 heterocycles. The minimum Gasteiger partial charge on any atom is -0.292 e. The van der Waals surface area contributed by atoms with E-state index in [4.69, 9.17) is 0 Å². The molecule has 3 nitrogen and oxygen atoms in total. The maximum absolute atomic E-state index is 4.62. The average molecular weight is 312 g/mol. The summed E-state index contributed by atoms with van der Waals surface area (Å²) < 4.78 is 3.06. The van der Waals surface area contributed by atoms with Crippen LogP contribution in [0.15, 0.2) is 59.1 Å². The topological polar surface area (TPSA) is 33.1 Å². The lowest BCUT2D eigenvalue weighted by Gasteiger charge is -1.96. The molecule has 0 aliphatic rings. The molecule has 4 aromatic rings. The van der Waals surface area contributed by atoms with E-state index in [1.807, 2.05) is 34.8 Å². The van der Waals surface area contributed by atoms with Gasteiger partial charge in [-0.05, 0) is 23.8 Å². The molecule has 0 aliphatic carbocycles. The quantitative estimate of drug-likeness (QED) is 0.560. The first-order valence-corrected chi connectivity index (χ1v) is 6.83. The second kappa shape index (κ2) is 3.96. The Hall–Kier alpha value is -2.07. The molecule has 0 saturated carbocycles. The molecule has 92 valence electrons. The van der Waals surface area contributed by atoms with Crippen LogP contribution < -0.4 is 0 Å². The maximum atomic E-state index is 4.62. The molecule has 0 spiro atoms. The average Bonchev–Trinajstić information content (AvgIpc) is 2.96. The second-order valence-corrected chi connectivity index (χ2v) is 5.39. The number of nitrogens with one attached hydrogen (secondary N) is 1. The van der Waals surface area contributed by atoms with Crippen LogP contribution in [-0.2, 0) is 0 Å². The molecule has 0 radical (unpaired) electrons. The Kier molecular flexibility index (Phi) is 2.26. The Morgan fingerprint density at radius 1 is 1.00 bits per heavy atom. The van der Waals surface area contributed by atoms with Gasteiger partial charge in [0.25, 0.3) is 0 Å². The first-order valence-electron chi connectivity index (χ1n) is 6.03. The van der Waals surface area contributed by atoms with Crippen molar-refractivity contribution in [3.8, 4) is 11.3 Å². The number of rotatable bonds is 1. The molecule has 0 aliphatic heterocycles. The second-order valence-electron chi connectivity index (χ2n) is 4.47. The summed E-state index contributed by atoms with van der Waals surface area (Å²) in [6.45, 7) is 0. The number of H-pyrrole nitrogens is 1. The maximum Gasteiger partial charge on any atom is 0.154 e. The van der Waals surface area contributed by atoms with Gasteiger partial charge in [0.15, 0.2) is 5.65 Å². The lowest BCUT2D eigenvalue weighted by molar-refractivity contribution is 1.01. The van der Waals surface area contributed by atoms with Crippen LogP contribution in [-0.4, -0.2) is 14.6 Å². The summed E-state index contributed by atoms with van der Waals surface area (Å²) >= 11 is 3.47. The highest BCUT2D eigenvalue weighted by Gasteiger charge is 2.09. The summed E-state index contributed by atoms with van der Waals surface area (Å²) in [5, 5.41) is 3.39. The number of hydrogen-bond acceptors (Lipinski definition) is 1. The monoisotopic (exact) mass is 311 g/mol. The number of imidazole rings is 1. The first kappa shape index (κ1) is 10.8. The van der Waals surface area contributed by atoms with Gasteiger partial charge in [0.2, 0.25) is 0 Å². The van der Waals surface area contributed by atoms with Crippen LogP contribution in [0.25, 0.3) is 27.9 Å². The van der Waals surface area contributed by atoms with Gasteiger partial charge in [-0.1, -0.05) is 46.3 Å². The fraction of sp³-hybridized carbons (Fsp3) is 0. The van der Waals surface area contributed by atoms with Crippen molar-refractivity contribution in [2.45, 2.75) is 0 Å². The molecule has 2 aromatic carbocycles.